The van der Waals surface area contributed by atoms with Crippen molar-refractivity contribution in [2.75, 3.05) is 19.0 Å². The van der Waals surface area contributed by atoms with Crippen LogP contribution in [0, 0.1) is 12.1 Å². The van der Waals surface area contributed by atoms with Gasteiger partial charge in [0.2, 0.25) is 0 Å². The molecule has 2 aromatic carbocycles. The molecule has 0 saturated heterocycles. The second-order valence-corrected chi connectivity index (χ2v) is 5.22. The van der Waals surface area contributed by atoms with Crippen LogP contribution in [-0.2, 0) is 0 Å². The summed E-state index contributed by atoms with van der Waals surface area (Å²) in [6, 6.07) is 28.7. The highest BCUT2D eigenvalue weighted by atomic mass is 15.1. The third-order valence-electron chi connectivity index (χ3n) is 3.42. The quantitative estimate of drug-likeness (QED) is 0.511. The van der Waals surface area contributed by atoms with Crippen molar-refractivity contribution in [1.82, 2.24) is 0 Å². The Bertz CT molecular complexity index is 666. The van der Waals surface area contributed by atoms with E-state index in [1.54, 1.807) is 0 Å². The fourth-order valence-electron chi connectivity index (χ4n) is 2.15. The van der Waals surface area contributed by atoms with Gasteiger partial charge in [-0.2, -0.15) is 0 Å². The molecule has 0 N–H and O–H groups in total. The van der Waals surface area contributed by atoms with Crippen LogP contribution in [-0.4, -0.2) is 14.1 Å². The lowest BCUT2D eigenvalue weighted by Crippen LogP contribution is -2.07. The summed E-state index contributed by atoms with van der Waals surface area (Å²) in [5.74, 6) is 0. The van der Waals surface area contributed by atoms with Crippen molar-refractivity contribution >= 4 is 5.69 Å². The molecule has 0 fully saturated rings. The van der Waals surface area contributed by atoms with Gasteiger partial charge in [0.1, 0.15) is 0 Å². The zero-order chi connectivity index (χ0) is 14.7. The molecule has 0 atom stereocenters. The molecular formula is C20H17N. The molecule has 0 heterocycles. The summed E-state index contributed by atoms with van der Waals surface area (Å²) in [7, 11) is 4.11. The van der Waals surface area contributed by atoms with Gasteiger partial charge in [-0.05, 0) is 58.7 Å². The van der Waals surface area contributed by atoms with Crippen molar-refractivity contribution in [2.24, 2.45) is 0 Å². The van der Waals surface area contributed by atoms with E-state index in [4.69, 9.17) is 0 Å². The summed E-state index contributed by atoms with van der Waals surface area (Å²) in [5.41, 5.74) is 6.39. The Balaban J connectivity index is 0.000000186. The first-order valence-electron chi connectivity index (χ1n) is 7.00. The van der Waals surface area contributed by atoms with Crippen molar-refractivity contribution in [3.8, 4) is 22.3 Å². The number of anilines is 1. The first-order chi connectivity index (χ1) is 10.2. The lowest BCUT2D eigenvalue weighted by molar-refractivity contribution is 1.13. The van der Waals surface area contributed by atoms with Gasteiger partial charge < -0.3 is 4.90 Å². The van der Waals surface area contributed by atoms with Gasteiger partial charge in [0.15, 0.2) is 0 Å². The van der Waals surface area contributed by atoms with E-state index >= 15 is 0 Å². The molecule has 1 heteroatoms. The topological polar surface area (TPSA) is 3.24 Å². The second kappa shape index (κ2) is 5.84. The van der Waals surface area contributed by atoms with Crippen molar-refractivity contribution in [3.05, 3.63) is 78.9 Å². The molecule has 0 saturated carbocycles. The molecule has 2 aromatic rings. The van der Waals surface area contributed by atoms with Gasteiger partial charge >= 0.3 is 0 Å². The summed E-state index contributed by atoms with van der Waals surface area (Å²) >= 11 is 0. The largest absolute Gasteiger partial charge is 0.378 e. The number of hydrogen-bond acceptors (Lipinski definition) is 1. The Hall–Kier alpha value is -2.54. The van der Waals surface area contributed by atoms with Gasteiger partial charge in [-0.1, -0.05) is 42.5 Å². The maximum absolute atomic E-state index is 3.19. The Morgan fingerprint density at radius 1 is 0.762 bits per heavy atom. The van der Waals surface area contributed by atoms with Gasteiger partial charge in [0.05, 0.1) is 0 Å². The predicted molar refractivity (Wildman–Crippen MR) is 89.3 cm³/mol. The zero-order valence-corrected chi connectivity index (χ0v) is 12.3. The molecular weight excluding hydrogens is 254 g/mol. The van der Waals surface area contributed by atoms with E-state index in [0.29, 0.717) is 0 Å². The molecule has 0 amide bonds. The monoisotopic (exact) mass is 271 g/mol. The van der Waals surface area contributed by atoms with Crippen LogP contribution in [0.4, 0.5) is 5.69 Å². The van der Waals surface area contributed by atoms with Crippen LogP contribution < -0.4 is 4.90 Å². The molecule has 4 rings (SSSR count). The maximum Gasteiger partial charge on any atom is 0.0361 e. The lowest BCUT2D eigenvalue weighted by Gasteiger charge is -2.12. The van der Waals surface area contributed by atoms with E-state index in [1.807, 2.05) is 30.3 Å². The lowest BCUT2D eigenvalue weighted by atomic mass is 10.1. The van der Waals surface area contributed by atoms with E-state index in [-0.39, 0.29) is 0 Å². The van der Waals surface area contributed by atoms with Crippen molar-refractivity contribution < 1.29 is 0 Å². The van der Waals surface area contributed by atoms with Gasteiger partial charge in [0, 0.05) is 19.8 Å². The van der Waals surface area contributed by atoms with Crippen LogP contribution in [0.2, 0.25) is 0 Å². The second-order valence-electron chi connectivity index (χ2n) is 5.22. The molecule has 1 nitrogen and oxygen atoms in total. The summed E-state index contributed by atoms with van der Waals surface area (Å²) < 4.78 is 0. The minimum absolute atomic E-state index is 1.24. The maximum atomic E-state index is 3.19. The third kappa shape index (κ3) is 3.32. The predicted octanol–water partition coefficient (Wildman–Crippen LogP) is 4.69. The molecule has 0 unspecified atom stereocenters. The Labute approximate surface area is 126 Å². The summed E-state index contributed by atoms with van der Waals surface area (Å²) in [6.45, 7) is 0. The molecule has 102 valence electrons. The third-order valence-corrected chi connectivity index (χ3v) is 3.42. The van der Waals surface area contributed by atoms with E-state index in [1.165, 1.54) is 27.9 Å². The Kier molecular flexibility index (Phi) is 3.74. The fourth-order valence-corrected chi connectivity index (χ4v) is 2.15. The molecule has 0 bridgehead atoms. The van der Waals surface area contributed by atoms with Crippen LogP contribution in [0.3, 0.4) is 0 Å². The van der Waals surface area contributed by atoms with Gasteiger partial charge in [0.25, 0.3) is 0 Å². The summed E-state index contributed by atoms with van der Waals surface area (Å²) in [4.78, 5) is 2.11. The Morgan fingerprint density at radius 2 is 1.38 bits per heavy atom. The van der Waals surface area contributed by atoms with Crippen molar-refractivity contribution in [1.29, 1.82) is 0 Å². The molecule has 2 aliphatic carbocycles. The molecule has 0 spiro atoms. The van der Waals surface area contributed by atoms with Crippen molar-refractivity contribution in [3.63, 3.8) is 0 Å². The normalized spacial score (nSPS) is 10.4. The van der Waals surface area contributed by atoms with Crippen LogP contribution in [0.15, 0.2) is 66.7 Å². The number of nitrogens with zero attached hydrogens (tertiary/aromatic N) is 1. The minimum atomic E-state index is 1.24. The van der Waals surface area contributed by atoms with E-state index in [2.05, 4.69) is 67.5 Å². The number of rotatable bonds is 2. The summed E-state index contributed by atoms with van der Waals surface area (Å²) in [5, 5.41) is 0. The van der Waals surface area contributed by atoms with Gasteiger partial charge in [-0.3, -0.25) is 0 Å². The van der Waals surface area contributed by atoms with Crippen molar-refractivity contribution in [2.45, 2.75) is 0 Å². The number of hydrogen-bond donors (Lipinski definition) is 0. The molecule has 0 aliphatic heterocycles. The Morgan fingerprint density at radius 3 is 1.81 bits per heavy atom. The molecule has 2 radical (unpaired) electrons. The zero-order valence-electron chi connectivity index (χ0n) is 12.3. The van der Waals surface area contributed by atoms with Gasteiger partial charge in [-0.25, -0.2) is 0 Å². The molecule has 21 heavy (non-hydrogen) atoms. The molecule has 2 aliphatic rings. The SMILES string of the molecule is CN(C)c1ccc(-c2cc3[c]c-3c2)cc1.[c]1ccccc1. The smallest absolute Gasteiger partial charge is 0.0361 e. The highest BCUT2D eigenvalue weighted by molar-refractivity contribution is 5.88. The van der Waals surface area contributed by atoms with Crippen LogP contribution in [0.25, 0.3) is 22.3 Å². The molecule has 0 aromatic heterocycles. The number of benzene rings is 3. The minimum Gasteiger partial charge on any atom is -0.378 e. The van der Waals surface area contributed by atoms with Gasteiger partial charge in [-0.15, -0.1) is 0 Å². The van der Waals surface area contributed by atoms with E-state index in [0.717, 1.165) is 0 Å². The van der Waals surface area contributed by atoms with Crippen LogP contribution >= 0.6 is 0 Å². The average molecular weight is 271 g/mol. The fraction of sp³-hybridized carbons (Fsp3) is 0.100. The first-order valence-corrected chi connectivity index (χ1v) is 7.00. The average Bonchev–Trinajstić information content (AvgIpc) is 3.15. The summed E-state index contributed by atoms with van der Waals surface area (Å²) in [6.07, 6.45) is 0. The number of fused-ring (bicyclic) bond motifs is 1. The van der Waals surface area contributed by atoms with Crippen LogP contribution in [0.5, 0.6) is 0 Å². The highest BCUT2D eigenvalue weighted by Gasteiger charge is 2.15. The first kappa shape index (κ1) is 13.4. The standard InChI is InChI=1S/C14H12N.C6H5/c1-15(2)14-5-3-10(4-6-14)11-7-12-9-13(12)8-11;1-2-4-6-5-3-1/h3-8H,1-2H3;1-5H. The van der Waals surface area contributed by atoms with E-state index in [9.17, 15) is 0 Å². The van der Waals surface area contributed by atoms with Crippen LogP contribution in [0.1, 0.15) is 0 Å². The highest BCUT2D eigenvalue weighted by Crippen LogP contribution is 2.39. The van der Waals surface area contributed by atoms with E-state index < -0.39 is 0 Å².